The standard InChI is InChI=1S/C14H21F2N4O13P3.C10H16FN2O15P3/c1-4-29-10-8-9(18-7(2)19-10)20(6-17-8)12-13(3,15)11(21)14(16,31-12)5-30-35(25,26)33-36(27,28)32-34(22,23)24;1-9(17)6(15)10(11,26-7(9)13-3-2-5(14)12-8(13)16)4-25-30(21,22)28-31(23,24)27-29(18,19)20/h6,11-12,21H,4-5H2,1-3H3,(H,25,26)(H,27,28)(H2,22,23,24);2-3,6-7,15,17H,4H2,1H3,(H,21,22)(H,23,24)(H,12,14,16)(H2,18,19,20)/t11-,12+,13+,14+;6-,7+,9+,10+/m00/s1/i5D2;4D2. The number of fused-ring (bicyclic) bond motifs is 1. The first-order valence-electron chi connectivity index (χ1n) is 18.9. The number of H-pyrrole nitrogens is 1. The Balaban J connectivity index is 0.000000312. The lowest BCUT2D eigenvalue weighted by Crippen LogP contribution is -2.50. The Labute approximate surface area is 374 Å². The SMILES string of the molecule is [2H]C([2H])(OP(=O)(O)OP(=O)(O)OP(=O)(O)O)[C@@]1(F)O[C@@H](n2ccc(=O)[nH]c2=O)[C@](C)(O)[C@@H]1O.[2H]C([2H])(OP(=O)(O)OP(=O)(O)OP(=O)(O)O)[C@@]1(F)O[C@@H](n2cnc3c(OCC)nc(C)nc32)[C@](C)(F)[C@@H]1O. The Bertz CT molecular complexity index is 2940. The average molecular weight is 1100 g/mol. The first kappa shape index (κ1) is 50.8. The predicted molar refractivity (Wildman–Crippen MR) is 202 cm³/mol. The molecule has 43 heteroatoms. The molecule has 0 spiro atoms. The third-order valence-electron chi connectivity index (χ3n) is 7.91. The van der Waals surface area contributed by atoms with Crippen LogP contribution in [0.15, 0.2) is 28.2 Å². The van der Waals surface area contributed by atoms with Crippen molar-refractivity contribution < 1.29 is 141 Å². The van der Waals surface area contributed by atoms with Crippen molar-refractivity contribution >= 4 is 58.1 Å². The highest BCUT2D eigenvalue weighted by Gasteiger charge is 2.66. The lowest BCUT2D eigenvalue weighted by molar-refractivity contribution is -0.205. The van der Waals surface area contributed by atoms with E-state index in [1.807, 2.05) is 0 Å². The highest BCUT2D eigenvalue weighted by molar-refractivity contribution is 7.67. The smallest absolute Gasteiger partial charge is 0.476 e. The highest BCUT2D eigenvalue weighted by Crippen LogP contribution is 2.68. The van der Waals surface area contributed by atoms with E-state index in [1.54, 1.807) is 11.9 Å². The van der Waals surface area contributed by atoms with Gasteiger partial charge >= 0.3 is 52.6 Å². The zero-order chi connectivity index (χ0) is 54.9. The van der Waals surface area contributed by atoms with Crippen LogP contribution in [0.2, 0.25) is 0 Å². The van der Waals surface area contributed by atoms with Gasteiger partial charge in [0.05, 0.1) is 18.4 Å². The molecular formula is C24H37F3N6O28P6. The molecule has 2 aliphatic rings. The van der Waals surface area contributed by atoms with E-state index in [1.165, 1.54) is 6.92 Å². The van der Waals surface area contributed by atoms with Crippen molar-refractivity contribution in [2.24, 2.45) is 0 Å². The van der Waals surface area contributed by atoms with Crippen molar-refractivity contribution in [1.82, 2.24) is 29.1 Å². The fourth-order valence-corrected chi connectivity index (χ4v) is 11.1. The molecule has 5 rings (SSSR count). The number of ether oxygens (including phenoxy) is 3. The average Bonchev–Trinajstić information content (AvgIpc) is 3.68. The second kappa shape index (κ2) is 19.6. The van der Waals surface area contributed by atoms with Gasteiger partial charge in [0.2, 0.25) is 5.88 Å². The quantitative estimate of drug-likeness (QED) is 0.0704. The van der Waals surface area contributed by atoms with Crippen LogP contribution in [0.25, 0.3) is 11.2 Å². The van der Waals surface area contributed by atoms with Crippen LogP contribution in [-0.2, 0) is 63.2 Å². The molecule has 12 N–H and O–H groups in total. The molecule has 2 aliphatic heterocycles. The van der Waals surface area contributed by atoms with E-state index in [2.05, 4.69) is 46.0 Å². The number of aliphatic hydroxyl groups is 3. The molecule has 0 aromatic carbocycles. The molecule has 0 amide bonds. The second-order valence-corrected chi connectivity index (χ2v) is 22.0. The molecule has 0 radical (unpaired) electrons. The van der Waals surface area contributed by atoms with E-state index >= 15 is 13.2 Å². The Morgan fingerprint density at radius 1 is 0.776 bits per heavy atom. The molecular weight excluding hydrogens is 1060 g/mol. The second-order valence-electron chi connectivity index (χ2n) is 13.3. The van der Waals surface area contributed by atoms with E-state index < -0.39 is 119 Å². The predicted octanol–water partition coefficient (Wildman–Crippen LogP) is -0.653. The van der Waals surface area contributed by atoms with E-state index in [0.717, 1.165) is 10.9 Å². The summed E-state index contributed by atoms with van der Waals surface area (Å²) >= 11 is 0. The van der Waals surface area contributed by atoms with Crippen molar-refractivity contribution in [3.05, 3.63) is 45.3 Å². The van der Waals surface area contributed by atoms with Crippen LogP contribution < -0.4 is 16.0 Å². The van der Waals surface area contributed by atoms with Crippen LogP contribution in [0.5, 0.6) is 5.88 Å². The summed E-state index contributed by atoms with van der Waals surface area (Å²) < 4.78 is 183. The van der Waals surface area contributed by atoms with Gasteiger partial charge in [-0.1, -0.05) is 0 Å². The Morgan fingerprint density at radius 3 is 1.72 bits per heavy atom. The summed E-state index contributed by atoms with van der Waals surface area (Å²) in [7, 11) is -36.4. The molecule has 5 heterocycles. The number of hydrogen-bond acceptors (Lipinski definition) is 23. The van der Waals surface area contributed by atoms with Crippen LogP contribution in [0.1, 0.15) is 44.5 Å². The maximum Gasteiger partial charge on any atom is 0.490 e. The number of alkyl halides is 3. The number of imidazole rings is 1. The van der Waals surface area contributed by atoms with Crippen molar-refractivity contribution in [3.63, 3.8) is 0 Å². The lowest BCUT2D eigenvalue weighted by Gasteiger charge is -2.27. The molecule has 67 heavy (non-hydrogen) atoms. The minimum Gasteiger partial charge on any atom is -0.476 e. The van der Waals surface area contributed by atoms with Crippen molar-refractivity contribution in [2.75, 3.05) is 19.7 Å². The monoisotopic (exact) mass is 1100 g/mol. The molecule has 2 fully saturated rings. The zero-order valence-corrected chi connectivity index (χ0v) is 38.5. The van der Waals surface area contributed by atoms with Gasteiger partial charge in [0.1, 0.15) is 30.6 Å². The van der Waals surface area contributed by atoms with Crippen LogP contribution in [0, 0.1) is 6.92 Å². The number of aliphatic hydroxyl groups excluding tert-OH is 2. The molecule has 3 aromatic heterocycles. The molecule has 3 aromatic rings. The van der Waals surface area contributed by atoms with Gasteiger partial charge in [0, 0.05) is 12.3 Å². The molecule has 0 aliphatic carbocycles. The van der Waals surface area contributed by atoms with E-state index in [4.69, 9.17) is 39.4 Å². The fourth-order valence-electron chi connectivity index (χ4n) is 5.37. The number of aromatic nitrogens is 6. The van der Waals surface area contributed by atoms with E-state index in [9.17, 15) is 67.0 Å². The van der Waals surface area contributed by atoms with Gasteiger partial charge in [-0.15, -0.1) is 0 Å². The third-order valence-corrected chi connectivity index (χ3v) is 15.2. The molecule has 34 nitrogen and oxygen atoms in total. The molecule has 2 saturated heterocycles. The van der Waals surface area contributed by atoms with Crippen LogP contribution in [0.3, 0.4) is 0 Å². The summed E-state index contributed by atoms with van der Waals surface area (Å²) in [5.74, 6) is -8.57. The number of aromatic amines is 1. The number of phosphoric ester groups is 2. The molecule has 382 valence electrons. The lowest BCUT2D eigenvalue weighted by atomic mass is 9.95. The number of nitrogens with one attached hydrogen (secondary N) is 1. The van der Waals surface area contributed by atoms with Crippen LogP contribution in [0.4, 0.5) is 13.2 Å². The number of aryl methyl sites for hydroxylation is 1. The van der Waals surface area contributed by atoms with Gasteiger partial charge in [-0.05, 0) is 27.7 Å². The third kappa shape index (κ3) is 14.1. The number of halogens is 3. The van der Waals surface area contributed by atoms with Gasteiger partial charge in [-0.25, -0.2) is 55.3 Å². The minimum absolute atomic E-state index is 0.0395. The van der Waals surface area contributed by atoms with Gasteiger partial charge in [0.25, 0.3) is 17.3 Å². The summed E-state index contributed by atoms with van der Waals surface area (Å²) in [6, 6.07) is 0.714. The van der Waals surface area contributed by atoms with Gasteiger partial charge in [-0.3, -0.25) is 28.0 Å². The van der Waals surface area contributed by atoms with Gasteiger partial charge in [0.15, 0.2) is 35.4 Å². The first-order chi connectivity index (χ1) is 31.6. The van der Waals surface area contributed by atoms with Crippen molar-refractivity contribution in [2.45, 2.75) is 75.3 Å². The zero-order valence-electron chi connectivity index (χ0n) is 37.2. The Kier molecular flexibility index (Phi) is 14.8. The number of nitrogens with zero attached hydrogens (tertiary/aromatic N) is 5. The summed E-state index contributed by atoms with van der Waals surface area (Å²) in [5.41, 5.74) is -8.57. The molecule has 12 atom stereocenters. The van der Waals surface area contributed by atoms with Gasteiger partial charge < -0.3 is 68.7 Å². The van der Waals surface area contributed by atoms with Crippen LogP contribution in [-0.4, -0.2) is 138 Å². The van der Waals surface area contributed by atoms with Crippen molar-refractivity contribution in [1.29, 1.82) is 0 Å². The van der Waals surface area contributed by atoms with E-state index in [0.29, 0.717) is 30.7 Å². The minimum atomic E-state index is -6.29. The molecule has 0 saturated carbocycles. The number of hydrogen-bond donors (Lipinski definition) is 12. The normalized spacial score (nSPS) is 32.9. The van der Waals surface area contributed by atoms with Gasteiger partial charge in [-0.2, -0.15) is 22.2 Å². The maximum atomic E-state index is 15.9. The topological polar surface area (TPSA) is 506 Å². The van der Waals surface area contributed by atoms with Crippen LogP contribution >= 0.6 is 46.9 Å². The highest BCUT2D eigenvalue weighted by atomic mass is 31.3. The first-order valence-corrected chi connectivity index (χ1v) is 26.0. The van der Waals surface area contributed by atoms with E-state index in [-0.39, 0.29) is 29.5 Å². The Morgan fingerprint density at radius 2 is 1.25 bits per heavy atom. The summed E-state index contributed by atoms with van der Waals surface area (Å²) in [6.45, 7) is -4.21. The largest absolute Gasteiger partial charge is 0.490 e. The summed E-state index contributed by atoms with van der Waals surface area (Å²) in [4.78, 5) is 108. The Hall–Kier alpha value is -2.56. The number of rotatable bonds is 18. The van der Waals surface area contributed by atoms with Crippen molar-refractivity contribution in [3.8, 4) is 5.88 Å². The maximum absolute atomic E-state index is 15.9. The molecule has 0 bridgehead atoms. The molecule has 4 unspecified atom stereocenters. The summed E-state index contributed by atoms with van der Waals surface area (Å²) in [6.07, 6.45) is -9.06. The summed E-state index contributed by atoms with van der Waals surface area (Å²) in [5, 5.41) is 31.0. The number of phosphoric acid groups is 6. The fraction of sp³-hybridized carbons (Fsp3) is 0.625.